The van der Waals surface area contributed by atoms with Gasteiger partial charge in [0.2, 0.25) is 0 Å². The summed E-state index contributed by atoms with van der Waals surface area (Å²) in [7, 11) is 0. The van der Waals surface area contributed by atoms with Gasteiger partial charge in [0.15, 0.2) is 6.61 Å². The standard InChI is InChI=1S/C21H18F3N3O3S/c22-21(23,24)15-2-1-3-16(11-15)26-6-8-27(9-7-26)19(28)12-30-20(29)14-4-5-17-18(10-14)31-13-25-17/h1-5,10-11,13H,6-9,12H2. The van der Waals surface area contributed by atoms with Crippen molar-refractivity contribution in [2.45, 2.75) is 6.18 Å². The maximum absolute atomic E-state index is 12.9. The number of fused-ring (bicyclic) bond motifs is 1. The number of rotatable bonds is 4. The summed E-state index contributed by atoms with van der Waals surface area (Å²) >= 11 is 1.41. The van der Waals surface area contributed by atoms with Crippen LogP contribution in [0, 0.1) is 0 Å². The van der Waals surface area contributed by atoms with Gasteiger partial charge >= 0.3 is 12.1 Å². The van der Waals surface area contributed by atoms with Gasteiger partial charge in [0.05, 0.1) is 26.9 Å². The van der Waals surface area contributed by atoms with Gasteiger partial charge in [0.25, 0.3) is 5.91 Å². The predicted molar refractivity (Wildman–Crippen MR) is 110 cm³/mol. The van der Waals surface area contributed by atoms with Crippen molar-refractivity contribution in [1.29, 1.82) is 0 Å². The number of carbonyl (C=O) groups is 2. The maximum atomic E-state index is 12.9. The Balaban J connectivity index is 1.30. The van der Waals surface area contributed by atoms with E-state index in [1.165, 1.54) is 17.4 Å². The summed E-state index contributed by atoms with van der Waals surface area (Å²) in [5, 5.41) is 0. The Hall–Kier alpha value is -3.14. The molecule has 10 heteroatoms. The molecule has 1 aliphatic heterocycles. The molecule has 0 N–H and O–H groups in total. The molecule has 6 nitrogen and oxygen atoms in total. The first-order chi connectivity index (χ1) is 14.8. The van der Waals surface area contributed by atoms with Crippen molar-refractivity contribution in [3.05, 3.63) is 59.1 Å². The molecule has 1 amide bonds. The van der Waals surface area contributed by atoms with Gasteiger partial charge in [-0.25, -0.2) is 9.78 Å². The fraction of sp³-hybridized carbons (Fsp3) is 0.286. The van der Waals surface area contributed by atoms with Crippen LogP contribution in [-0.2, 0) is 15.7 Å². The zero-order chi connectivity index (χ0) is 22.0. The lowest BCUT2D eigenvalue weighted by molar-refractivity contribution is -0.137. The number of esters is 1. The molecule has 0 aliphatic carbocycles. The van der Waals surface area contributed by atoms with E-state index < -0.39 is 17.7 Å². The van der Waals surface area contributed by atoms with Crippen LogP contribution in [0.25, 0.3) is 10.2 Å². The molecule has 0 radical (unpaired) electrons. The average Bonchev–Trinajstić information content (AvgIpc) is 3.25. The number of carbonyl (C=O) groups excluding carboxylic acids is 2. The summed E-state index contributed by atoms with van der Waals surface area (Å²) < 4.78 is 44.8. The molecule has 0 atom stereocenters. The lowest BCUT2D eigenvalue weighted by Crippen LogP contribution is -2.50. The molecule has 1 aliphatic rings. The minimum atomic E-state index is -4.40. The number of thiazole rings is 1. The molecule has 2 aromatic carbocycles. The highest BCUT2D eigenvalue weighted by atomic mass is 32.1. The number of nitrogens with zero attached hydrogens (tertiary/aromatic N) is 3. The average molecular weight is 449 g/mol. The summed E-state index contributed by atoms with van der Waals surface area (Å²) in [6, 6.07) is 10.1. The molecule has 1 aromatic heterocycles. The summed E-state index contributed by atoms with van der Waals surface area (Å²) in [6.45, 7) is 1.06. The van der Waals surface area contributed by atoms with Crippen molar-refractivity contribution in [3.63, 3.8) is 0 Å². The van der Waals surface area contributed by atoms with Crippen molar-refractivity contribution in [3.8, 4) is 0 Å². The first-order valence-electron chi connectivity index (χ1n) is 9.51. The Labute approximate surface area is 179 Å². The number of hydrogen-bond donors (Lipinski definition) is 0. The van der Waals surface area contributed by atoms with Crippen molar-refractivity contribution in [2.75, 3.05) is 37.7 Å². The van der Waals surface area contributed by atoms with E-state index in [0.29, 0.717) is 37.4 Å². The number of aromatic nitrogens is 1. The maximum Gasteiger partial charge on any atom is 0.416 e. The smallest absolute Gasteiger partial charge is 0.416 e. The SMILES string of the molecule is O=C(OCC(=O)N1CCN(c2cccc(C(F)(F)F)c2)CC1)c1ccc2ncsc2c1. The van der Waals surface area contributed by atoms with E-state index >= 15 is 0 Å². The van der Waals surface area contributed by atoms with E-state index in [-0.39, 0.29) is 12.5 Å². The molecule has 162 valence electrons. The van der Waals surface area contributed by atoms with E-state index in [0.717, 1.165) is 22.3 Å². The third-order valence-electron chi connectivity index (χ3n) is 5.06. The van der Waals surface area contributed by atoms with Crippen LogP contribution in [0.1, 0.15) is 15.9 Å². The number of hydrogen-bond acceptors (Lipinski definition) is 6. The molecule has 1 saturated heterocycles. The Bertz CT molecular complexity index is 1110. The molecule has 0 bridgehead atoms. The first-order valence-corrected chi connectivity index (χ1v) is 10.4. The minimum Gasteiger partial charge on any atom is -0.452 e. The monoisotopic (exact) mass is 449 g/mol. The molecular formula is C21H18F3N3O3S. The van der Waals surface area contributed by atoms with Gasteiger partial charge in [0.1, 0.15) is 0 Å². The second-order valence-corrected chi connectivity index (χ2v) is 7.91. The predicted octanol–water partition coefficient (Wildman–Crippen LogP) is 3.82. The topological polar surface area (TPSA) is 62.7 Å². The van der Waals surface area contributed by atoms with Crippen LogP contribution in [0.4, 0.5) is 18.9 Å². The number of benzene rings is 2. The van der Waals surface area contributed by atoms with Crippen LogP contribution in [0.3, 0.4) is 0 Å². The second kappa shape index (κ2) is 8.54. The van der Waals surface area contributed by atoms with Crippen LogP contribution >= 0.6 is 11.3 Å². The quantitative estimate of drug-likeness (QED) is 0.567. The van der Waals surface area contributed by atoms with Gasteiger partial charge < -0.3 is 14.5 Å². The number of halogens is 3. The number of piperazine rings is 1. The van der Waals surface area contributed by atoms with Gasteiger partial charge in [0, 0.05) is 31.9 Å². The molecule has 0 saturated carbocycles. The van der Waals surface area contributed by atoms with Gasteiger partial charge in [-0.05, 0) is 36.4 Å². The van der Waals surface area contributed by atoms with E-state index in [4.69, 9.17) is 4.74 Å². The van der Waals surface area contributed by atoms with Crippen molar-refractivity contribution in [1.82, 2.24) is 9.88 Å². The Morgan fingerprint density at radius 2 is 1.84 bits per heavy atom. The Morgan fingerprint density at radius 1 is 1.06 bits per heavy atom. The molecular weight excluding hydrogens is 431 g/mol. The lowest BCUT2D eigenvalue weighted by Gasteiger charge is -2.36. The minimum absolute atomic E-state index is 0.333. The first kappa shape index (κ1) is 21.1. The van der Waals surface area contributed by atoms with Crippen LogP contribution in [-0.4, -0.2) is 54.5 Å². The highest BCUT2D eigenvalue weighted by Crippen LogP contribution is 2.31. The largest absolute Gasteiger partial charge is 0.452 e. The Morgan fingerprint density at radius 3 is 2.58 bits per heavy atom. The molecule has 1 fully saturated rings. The third-order valence-corrected chi connectivity index (χ3v) is 5.86. The molecule has 0 spiro atoms. The zero-order valence-corrected chi connectivity index (χ0v) is 17.1. The summed E-state index contributed by atoms with van der Waals surface area (Å²) in [4.78, 5) is 32.1. The number of ether oxygens (including phenoxy) is 1. The van der Waals surface area contributed by atoms with Crippen LogP contribution in [0.2, 0.25) is 0 Å². The van der Waals surface area contributed by atoms with E-state index in [1.807, 2.05) is 0 Å². The van der Waals surface area contributed by atoms with E-state index in [2.05, 4.69) is 4.98 Å². The molecule has 3 aromatic rings. The second-order valence-electron chi connectivity index (χ2n) is 7.03. The fourth-order valence-electron chi connectivity index (χ4n) is 3.38. The van der Waals surface area contributed by atoms with Crippen LogP contribution < -0.4 is 4.90 Å². The third kappa shape index (κ3) is 4.79. The summed E-state index contributed by atoms with van der Waals surface area (Å²) in [5.74, 6) is -0.929. The van der Waals surface area contributed by atoms with Gasteiger partial charge in [-0.3, -0.25) is 4.79 Å². The van der Waals surface area contributed by atoms with Crippen molar-refractivity contribution >= 4 is 39.1 Å². The van der Waals surface area contributed by atoms with Crippen molar-refractivity contribution in [2.24, 2.45) is 0 Å². The fourth-order valence-corrected chi connectivity index (χ4v) is 4.09. The highest BCUT2D eigenvalue weighted by molar-refractivity contribution is 7.16. The van der Waals surface area contributed by atoms with E-state index in [9.17, 15) is 22.8 Å². The highest BCUT2D eigenvalue weighted by Gasteiger charge is 2.31. The molecule has 31 heavy (non-hydrogen) atoms. The van der Waals surface area contributed by atoms with Crippen molar-refractivity contribution < 1.29 is 27.5 Å². The normalized spacial score (nSPS) is 14.7. The van der Waals surface area contributed by atoms with Gasteiger partial charge in [-0.1, -0.05) is 6.07 Å². The number of amides is 1. The number of anilines is 1. The summed E-state index contributed by atoms with van der Waals surface area (Å²) in [6.07, 6.45) is -4.40. The van der Waals surface area contributed by atoms with Crippen LogP contribution in [0.15, 0.2) is 48.0 Å². The lowest BCUT2D eigenvalue weighted by atomic mass is 10.1. The zero-order valence-electron chi connectivity index (χ0n) is 16.3. The number of alkyl halides is 3. The van der Waals surface area contributed by atoms with Crippen LogP contribution in [0.5, 0.6) is 0 Å². The molecule has 4 rings (SSSR count). The van der Waals surface area contributed by atoms with Gasteiger partial charge in [-0.15, -0.1) is 11.3 Å². The molecule has 2 heterocycles. The summed E-state index contributed by atoms with van der Waals surface area (Å²) in [5.41, 5.74) is 2.58. The molecule has 0 unspecified atom stereocenters. The Kier molecular flexibility index (Phi) is 5.81. The van der Waals surface area contributed by atoms with E-state index in [1.54, 1.807) is 39.6 Å². The van der Waals surface area contributed by atoms with Gasteiger partial charge in [-0.2, -0.15) is 13.2 Å².